The highest BCUT2D eigenvalue weighted by Gasteiger charge is 2.07. The van der Waals surface area contributed by atoms with Crippen LogP contribution in [0, 0.1) is 5.92 Å². The van der Waals surface area contributed by atoms with Gasteiger partial charge in [-0.05, 0) is 49.8 Å². The molecule has 18 heavy (non-hydrogen) atoms. The van der Waals surface area contributed by atoms with Gasteiger partial charge in [-0.3, -0.25) is 4.79 Å². The molecule has 0 heterocycles. The Morgan fingerprint density at radius 2 is 1.89 bits per heavy atom. The highest BCUT2D eigenvalue weighted by Crippen LogP contribution is 2.18. The van der Waals surface area contributed by atoms with Crippen molar-refractivity contribution in [1.82, 2.24) is 0 Å². The summed E-state index contributed by atoms with van der Waals surface area (Å²) in [6.07, 6.45) is 7.24. The van der Waals surface area contributed by atoms with E-state index in [0.29, 0.717) is 5.92 Å². The summed E-state index contributed by atoms with van der Waals surface area (Å²) in [4.78, 5) is 11.2. The Bertz CT molecular complexity index is 422. The zero-order valence-electron chi connectivity index (χ0n) is 11.5. The van der Waals surface area contributed by atoms with Crippen molar-refractivity contribution < 1.29 is 4.79 Å². The van der Waals surface area contributed by atoms with E-state index in [0.717, 1.165) is 30.3 Å². The molecule has 1 heteroatoms. The van der Waals surface area contributed by atoms with Gasteiger partial charge in [0.1, 0.15) is 6.29 Å². The van der Waals surface area contributed by atoms with Gasteiger partial charge in [-0.25, -0.2) is 0 Å². The second-order valence-electron chi connectivity index (χ2n) is 4.93. The van der Waals surface area contributed by atoms with Crippen molar-refractivity contribution in [3.8, 4) is 0 Å². The third-order valence-corrected chi connectivity index (χ3v) is 2.99. The van der Waals surface area contributed by atoms with E-state index in [4.69, 9.17) is 0 Å². The fraction of sp³-hybridized carbons (Fsp3) is 0.353. The Hall–Kier alpha value is -1.63. The van der Waals surface area contributed by atoms with Crippen molar-refractivity contribution in [1.29, 1.82) is 0 Å². The number of carbonyl (C=O) groups is 1. The van der Waals surface area contributed by atoms with Crippen molar-refractivity contribution in [3.05, 3.63) is 53.1 Å². The molecule has 0 saturated carbocycles. The van der Waals surface area contributed by atoms with Crippen LogP contribution in [0.2, 0.25) is 0 Å². The van der Waals surface area contributed by atoms with Gasteiger partial charge in [-0.2, -0.15) is 0 Å². The Kier molecular flexibility index (Phi) is 6.13. The van der Waals surface area contributed by atoms with E-state index in [9.17, 15) is 4.79 Å². The van der Waals surface area contributed by atoms with Crippen LogP contribution < -0.4 is 0 Å². The number of benzene rings is 1. The van der Waals surface area contributed by atoms with Crippen LogP contribution in [0.3, 0.4) is 0 Å². The summed E-state index contributed by atoms with van der Waals surface area (Å²) in [6, 6.07) is 10.00. The van der Waals surface area contributed by atoms with Gasteiger partial charge in [0.05, 0.1) is 0 Å². The second-order valence-corrected chi connectivity index (χ2v) is 4.93. The van der Waals surface area contributed by atoms with Crippen molar-refractivity contribution in [2.24, 2.45) is 5.92 Å². The Labute approximate surface area is 110 Å². The average molecular weight is 242 g/mol. The van der Waals surface area contributed by atoms with E-state index in [2.05, 4.69) is 26.8 Å². The number of allylic oxidation sites excluding steroid dienone is 3. The zero-order chi connectivity index (χ0) is 13.4. The van der Waals surface area contributed by atoms with Crippen molar-refractivity contribution in [2.45, 2.75) is 33.6 Å². The molecule has 1 unspecified atom stereocenters. The van der Waals surface area contributed by atoms with Gasteiger partial charge < -0.3 is 0 Å². The largest absolute Gasteiger partial charge is 0.298 e. The highest BCUT2D eigenvalue weighted by atomic mass is 16.1. The minimum atomic E-state index is 0.304. The van der Waals surface area contributed by atoms with Crippen molar-refractivity contribution in [3.63, 3.8) is 0 Å². The topological polar surface area (TPSA) is 17.1 Å². The van der Waals surface area contributed by atoms with Crippen molar-refractivity contribution >= 4 is 12.4 Å². The lowest BCUT2D eigenvalue weighted by atomic mass is 9.94. The monoisotopic (exact) mass is 242 g/mol. The smallest absolute Gasteiger partial charge is 0.146 e. The van der Waals surface area contributed by atoms with E-state index < -0.39 is 0 Å². The van der Waals surface area contributed by atoms with E-state index in [1.807, 2.05) is 36.4 Å². The first-order valence-corrected chi connectivity index (χ1v) is 6.48. The molecule has 0 aliphatic carbocycles. The molecule has 1 atom stereocenters. The lowest BCUT2D eigenvalue weighted by molar-refractivity contribution is -0.105. The molecule has 0 radical (unpaired) electrons. The molecule has 0 aliphatic rings. The van der Waals surface area contributed by atoms with Gasteiger partial charge in [-0.15, -0.1) is 0 Å². The van der Waals surface area contributed by atoms with Crippen LogP contribution in [0.5, 0.6) is 0 Å². The van der Waals surface area contributed by atoms with Crippen LogP contribution in [0.15, 0.2) is 47.6 Å². The normalized spacial score (nSPS) is 12.9. The first-order valence-electron chi connectivity index (χ1n) is 6.48. The molecule has 1 aromatic carbocycles. The molecule has 96 valence electrons. The maximum absolute atomic E-state index is 11.2. The van der Waals surface area contributed by atoms with Crippen LogP contribution in [0.4, 0.5) is 0 Å². The Morgan fingerprint density at radius 3 is 2.44 bits per heavy atom. The fourth-order valence-corrected chi connectivity index (χ4v) is 1.82. The second kappa shape index (κ2) is 7.65. The summed E-state index contributed by atoms with van der Waals surface area (Å²) < 4.78 is 0. The van der Waals surface area contributed by atoms with Gasteiger partial charge in [0.15, 0.2) is 0 Å². The molecule has 0 aliphatic heterocycles. The maximum Gasteiger partial charge on any atom is 0.146 e. The zero-order valence-corrected chi connectivity index (χ0v) is 11.5. The molecule has 1 aromatic rings. The molecule has 0 N–H and O–H groups in total. The standard InChI is InChI=1S/C17H22O/c1-14(2)8-7-9-15(3)17(13-18)12-16-10-5-4-6-11-16/h4-6,8,10-13,15H,7,9H2,1-3H3/b17-12+. The number of carbonyl (C=O) groups excluding carboxylic acids is 1. The van der Waals surface area contributed by atoms with E-state index in [-0.39, 0.29) is 0 Å². The predicted octanol–water partition coefficient (Wildman–Crippen LogP) is 4.65. The molecule has 0 bridgehead atoms. The van der Waals surface area contributed by atoms with Crippen LogP contribution in [-0.2, 0) is 4.79 Å². The number of rotatable bonds is 6. The summed E-state index contributed by atoms with van der Waals surface area (Å²) in [7, 11) is 0. The minimum Gasteiger partial charge on any atom is -0.298 e. The summed E-state index contributed by atoms with van der Waals surface area (Å²) in [5.41, 5.74) is 3.30. The molecule has 1 nitrogen and oxygen atoms in total. The Morgan fingerprint density at radius 1 is 1.22 bits per heavy atom. The minimum absolute atomic E-state index is 0.304. The number of hydrogen-bond acceptors (Lipinski definition) is 1. The van der Waals surface area contributed by atoms with Gasteiger partial charge in [0.25, 0.3) is 0 Å². The quantitative estimate of drug-likeness (QED) is 0.403. The molecular weight excluding hydrogens is 220 g/mol. The fourth-order valence-electron chi connectivity index (χ4n) is 1.82. The molecule has 0 fully saturated rings. The predicted molar refractivity (Wildman–Crippen MR) is 78.3 cm³/mol. The maximum atomic E-state index is 11.2. The SMILES string of the molecule is CC(C)=CCCC(C)/C(C=O)=C/c1ccccc1. The van der Waals surface area contributed by atoms with Gasteiger partial charge >= 0.3 is 0 Å². The molecular formula is C17H22O. The lowest BCUT2D eigenvalue weighted by Gasteiger charge is -2.10. The highest BCUT2D eigenvalue weighted by molar-refractivity contribution is 5.82. The molecule has 0 saturated heterocycles. The molecule has 1 rings (SSSR count). The van der Waals surface area contributed by atoms with E-state index in [1.54, 1.807) is 0 Å². The van der Waals surface area contributed by atoms with Gasteiger partial charge in [-0.1, -0.05) is 48.9 Å². The lowest BCUT2D eigenvalue weighted by Crippen LogP contribution is -2.00. The van der Waals surface area contributed by atoms with Gasteiger partial charge in [0, 0.05) is 0 Å². The summed E-state index contributed by atoms with van der Waals surface area (Å²) in [5, 5.41) is 0. The summed E-state index contributed by atoms with van der Waals surface area (Å²) in [5.74, 6) is 0.304. The third-order valence-electron chi connectivity index (χ3n) is 2.99. The van der Waals surface area contributed by atoms with E-state index in [1.165, 1.54) is 5.57 Å². The number of hydrogen-bond donors (Lipinski definition) is 0. The first kappa shape index (κ1) is 14.4. The van der Waals surface area contributed by atoms with Crippen LogP contribution in [0.25, 0.3) is 6.08 Å². The number of aldehydes is 1. The Balaban J connectivity index is 2.68. The first-order chi connectivity index (χ1) is 8.63. The third kappa shape index (κ3) is 5.13. The van der Waals surface area contributed by atoms with Crippen LogP contribution >= 0.6 is 0 Å². The summed E-state index contributed by atoms with van der Waals surface area (Å²) in [6.45, 7) is 6.32. The summed E-state index contributed by atoms with van der Waals surface area (Å²) >= 11 is 0. The molecule has 0 aromatic heterocycles. The van der Waals surface area contributed by atoms with Gasteiger partial charge in [0.2, 0.25) is 0 Å². The molecule has 0 spiro atoms. The molecule has 0 amide bonds. The van der Waals surface area contributed by atoms with E-state index >= 15 is 0 Å². The average Bonchev–Trinajstić information content (AvgIpc) is 2.36. The van der Waals surface area contributed by atoms with Crippen LogP contribution in [0.1, 0.15) is 39.2 Å². The van der Waals surface area contributed by atoms with Crippen molar-refractivity contribution in [2.75, 3.05) is 0 Å². The van der Waals surface area contributed by atoms with Crippen LogP contribution in [-0.4, -0.2) is 6.29 Å².